The number of nitrogens with zero attached hydrogens (tertiary/aromatic N) is 1. The summed E-state index contributed by atoms with van der Waals surface area (Å²) < 4.78 is 0. The molecule has 2 aromatic carbocycles. The molecule has 0 aliphatic heterocycles. The minimum Gasteiger partial charge on any atom is -0.478 e. The van der Waals surface area contributed by atoms with Crippen molar-refractivity contribution < 1.29 is 24.7 Å². The summed E-state index contributed by atoms with van der Waals surface area (Å²) >= 11 is 0. The van der Waals surface area contributed by atoms with Crippen LogP contribution in [0, 0.1) is 17.0 Å². The Bertz CT molecular complexity index is 1260. The van der Waals surface area contributed by atoms with Crippen LogP contribution in [-0.4, -0.2) is 32.1 Å². The van der Waals surface area contributed by atoms with E-state index in [0.717, 1.165) is 11.6 Å². The van der Waals surface area contributed by atoms with Gasteiger partial charge in [0.1, 0.15) is 16.9 Å². The number of hydrogen-bond donors (Lipinski definition) is 4. The minimum absolute atomic E-state index is 0.342. The number of hydrogen-bond acceptors (Lipinski definition) is 6. The van der Waals surface area contributed by atoms with Crippen LogP contribution in [0.2, 0.25) is 0 Å². The van der Waals surface area contributed by atoms with Crippen LogP contribution in [0.15, 0.2) is 47.3 Å². The molecule has 0 saturated heterocycles. The van der Waals surface area contributed by atoms with E-state index in [1.807, 2.05) is 24.0 Å². The van der Waals surface area contributed by atoms with Gasteiger partial charge in [0.2, 0.25) is 0 Å². The van der Waals surface area contributed by atoms with Crippen molar-refractivity contribution in [2.45, 2.75) is 6.92 Å². The lowest BCUT2D eigenvalue weighted by Gasteiger charge is -2.13. The molecule has 5 N–H and O–H groups in total. The van der Waals surface area contributed by atoms with Crippen LogP contribution in [0.3, 0.4) is 0 Å². The van der Waals surface area contributed by atoms with E-state index in [4.69, 9.17) is 5.73 Å². The third-order valence-electron chi connectivity index (χ3n) is 4.52. The van der Waals surface area contributed by atoms with Crippen molar-refractivity contribution in [2.24, 2.45) is 0 Å². The van der Waals surface area contributed by atoms with Crippen molar-refractivity contribution >= 4 is 23.4 Å². The molecular formula is C20H15N3O7. The second-order valence-electron chi connectivity index (χ2n) is 6.46. The standard InChI is InChI=1S/C20H15N3O7/c1-9-2-4-10(5-3-9)11-6-7-13(23(29)30)12(8-11)14-15(19(25)26)17(21)22-18(24)16(14)20(27)28/h2-8H,1H3,(H,25,26)(H,27,28)(H3,21,22,24). The number of pyridine rings is 1. The van der Waals surface area contributed by atoms with Gasteiger partial charge in [-0.25, -0.2) is 9.59 Å². The van der Waals surface area contributed by atoms with Crippen molar-refractivity contribution in [3.63, 3.8) is 0 Å². The predicted octanol–water partition coefficient (Wildman–Crippen LogP) is 2.90. The Labute approximate surface area is 168 Å². The van der Waals surface area contributed by atoms with E-state index in [1.54, 1.807) is 12.1 Å². The fourth-order valence-corrected chi connectivity index (χ4v) is 3.14. The van der Waals surface area contributed by atoms with Crippen LogP contribution in [0.1, 0.15) is 26.3 Å². The van der Waals surface area contributed by atoms with Crippen LogP contribution in [0.4, 0.5) is 11.5 Å². The maximum absolute atomic E-state index is 12.2. The normalized spacial score (nSPS) is 10.6. The molecule has 0 unspecified atom stereocenters. The summed E-state index contributed by atoms with van der Waals surface area (Å²) in [6, 6.07) is 11.0. The molecule has 0 amide bonds. The topological polar surface area (TPSA) is 177 Å². The highest BCUT2D eigenvalue weighted by molar-refractivity contribution is 6.08. The zero-order chi connectivity index (χ0) is 22.2. The van der Waals surface area contributed by atoms with Gasteiger partial charge in [-0.2, -0.15) is 0 Å². The third kappa shape index (κ3) is 3.49. The molecule has 0 aliphatic rings. The number of rotatable bonds is 5. The lowest BCUT2D eigenvalue weighted by atomic mass is 9.91. The Kier molecular flexibility index (Phi) is 5.07. The monoisotopic (exact) mass is 409 g/mol. The highest BCUT2D eigenvalue weighted by atomic mass is 16.6. The van der Waals surface area contributed by atoms with Gasteiger partial charge in [0.25, 0.3) is 11.2 Å². The molecule has 0 fully saturated rings. The van der Waals surface area contributed by atoms with Crippen molar-refractivity contribution in [3.8, 4) is 22.3 Å². The van der Waals surface area contributed by atoms with Crippen LogP contribution in [-0.2, 0) is 0 Å². The minimum atomic E-state index is -1.75. The summed E-state index contributed by atoms with van der Waals surface area (Å²) in [7, 11) is 0. The van der Waals surface area contributed by atoms with E-state index >= 15 is 0 Å². The maximum Gasteiger partial charge on any atom is 0.342 e. The number of aromatic nitrogens is 1. The summed E-state index contributed by atoms with van der Waals surface area (Å²) in [6.45, 7) is 1.88. The smallest absolute Gasteiger partial charge is 0.342 e. The molecule has 0 radical (unpaired) electrons. The number of carbonyl (C=O) groups is 2. The highest BCUT2D eigenvalue weighted by Crippen LogP contribution is 2.38. The molecule has 0 atom stereocenters. The molecule has 1 heterocycles. The number of anilines is 1. The Morgan fingerprint density at radius 3 is 2.10 bits per heavy atom. The summed E-state index contributed by atoms with van der Waals surface area (Å²) in [4.78, 5) is 48.6. The number of nitrogens with two attached hydrogens (primary N) is 1. The number of nitrogens with one attached hydrogen (secondary N) is 1. The van der Waals surface area contributed by atoms with Gasteiger partial charge < -0.3 is 20.9 Å². The van der Waals surface area contributed by atoms with Gasteiger partial charge in [0.05, 0.1) is 10.5 Å². The second kappa shape index (κ2) is 7.51. The number of aryl methyl sites for hydroxylation is 1. The number of nitro groups is 1. The Balaban J connectivity index is 2.47. The molecule has 152 valence electrons. The van der Waals surface area contributed by atoms with Gasteiger partial charge in [0.15, 0.2) is 0 Å². The first-order valence-electron chi connectivity index (χ1n) is 8.50. The largest absolute Gasteiger partial charge is 0.478 e. The third-order valence-corrected chi connectivity index (χ3v) is 4.52. The number of aromatic amines is 1. The number of benzene rings is 2. The summed E-state index contributed by atoms with van der Waals surface area (Å²) in [5.41, 5.74) is 3.31. The average Bonchev–Trinajstić information content (AvgIpc) is 2.66. The maximum atomic E-state index is 12.2. The fourth-order valence-electron chi connectivity index (χ4n) is 3.14. The van der Waals surface area contributed by atoms with Gasteiger partial charge in [-0.05, 0) is 30.2 Å². The van der Waals surface area contributed by atoms with E-state index < -0.39 is 50.6 Å². The molecule has 3 aromatic rings. The molecule has 30 heavy (non-hydrogen) atoms. The summed E-state index contributed by atoms with van der Waals surface area (Å²) in [5.74, 6) is -4.00. The van der Waals surface area contributed by atoms with E-state index in [2.05, 4.69) is 0 Å². The number of nitro benzene ring substituents is 1. The first kappa shape index (κ1) is 20.3. The number of carboxylic acid groups (broad SMARTS) is 2. The second-order valence-corrected chi connectivity index (χ2v) is 6.46. The van der Waals surface area contributed by atoms with Crippen LogP contribution in [0.5, 0.6) is 0 Å². The number of nitrogen functional groups attached to an aromatic ring is 1. The summed E-state index contributed by atoms with van der Waals surface area (Å²) in [5, 5.41) is 30.7. The predicted molar refractivity (Wildman–Crippen MR) is 108 cm³/mol. The molecule has 0 bridgehead atoms. The van der Waals surface area contributed by atoms with Crippen LogP contribution >= 0.6 is 0 Å². The Hall–Kier alpha value is -4.47. The molecule has 10 nitrogen and oxygen atoms in total. The molecular weight excluding hydrogens is 394 g/mol. The van der Waals surface area contributed by atoms with Crippen molar-refractivity contribution in [3.05, 3.63) is 79.6 Å². The lowest BCUT2D eigenvalue weighted by Crippen LogP contribution is -2.24. The van der Waals surface area contributed by atoms with Gasteiger partial charge >= 0.3 is 11.9 Å². The van der Waals surface area contributed by atoms with Crippen molar-refractivity contribution in [2.75, 3.05) is 5.73 Å². The molecule has 10 heteroatoms. The Morgan fingerprint density at radius 1 is 1.00 bits per heavy atom. The number of carboxylic acids is 2. The van der Waals surface area contributed by atoms with Crippen LogP contribution in [0.25, 0.3) is 22.3 Å². The van der Waals surface area contributed by atoms with E-state index in [0.29, 0.717) is 11.1 Å². The zero-order valence-corrected chi connectivity index (χ0v) is 15.5. The lowest BCUT2D eigenvalue weighted by molar-refractivity contribution is -0.384. The van der Waals surface area contributed by atoms with Crippen LogP contribution < -0.4 is 11.3 Å². The van der Waals surface area contributed by atoms with Gasteiger partial charge in [0, 0.05) is 11.6 Å². The van der Waals surface area contributed by atoms with E-state index in [9.17, 15) is 34.7 Å². The first-order chi connectivity index (χ1) is 14.1. The molecule has 3 rings (SSSR count). The molecule has 1 aromatic heterocycles. The molecule has 0 saturated carbocycles. The number of H-pyrrole nitrogens is 1. The molecule has 0 aliphatic carbocycles. The van der Waals surface area contributed by atoms with E-state index in [1.165, 1.54) is 12.1 Å². The zero-order valence-electron chi connectivity index (χ0n) is 15.5. The van der Waals surface area contributed by atoms with Crippen molar-refractivity contribution in [1.82, 2.24) is 4.98 Å². The van der Waals surface area contributed by atoms with Gasteiger partial charge in [-0.1, -0.05) is 29.8 Å². The van der Waals surface area contributed by atoms with Gasteiger partial charge in [-0.15, -0.1) is 0 Å². The number of aromatic carboxylic acids is 2. The fraction of sp³-hybridized carbons (Fsp3) is 0.0500. The van der Waals surface area contributed by atoms with E-state index in [-0.39, 0.29) is 5.56 Å². The van der Waals surface area contributed by atoms with Gasteiger partial charge in [-0.3, -0.25) is 14.9 Å². The Morgan fingerprint density at radius 2 is 1.57 bits per heavy atom. The first-order valence-corrected chi connectivity index (χ1v) is 8.50. The SMILES string of the molecule is Cc1ccc(-c2ccc([N+](=O)[O-])c(-c3c(C(=O)O)c(N)[nH]c(=O)c3C(=O)O)c2)cc1. The highest BCUT2D eigenvalue weighted by Gasteiger charge is 2.31. The average molecular weight is 409 g/mol. The summed E-state index contributed by atoms with van der Waals surface area (Å²) in [6.07, 6.45) is 0. The molecule has 0 spiro atoms. The van der Waals surface area contributed by atoms with Crippen molar-refractivity contribution in [1.29, 1.82) is 0 Å². The quantitative estimate of drug-likeness (QED) is 0.367.